The maximum Gasteiger partial charge on any atom is 0.249 e. The number of sulfone groups is 1. The van der Waals surface area contributed by atoms with Crippen LogP contribution in [0.3, 0.4) is 0 Å². The zero-order chi connectivity index (χ0) is 19.0. The summed E-state index contributed by atoms with van der Waals surface area (Å²) in [5.74, 6) is -1.06. The largest absolute Gasteiger partial charge is 0.383 e. The highest BCUT2D eigenvalue weighted by Crippen LogP contribution is 2.43. The van der Waals surface area contributed by atoms with Gasteiger partial charge in [-0.2, -0.15) is 0 Å². The first-order valence-corrected chi connectivity index (χ1v) is 10.3. The van der Waals surface area contributed by atoms with Gasteiger partial charge >= 0.3 is 0 Å². The number of aliphatic hydroxyl groups is 1. The van der Waals surface area contributed by atoms with Crippen LogP contribution in [-0.2, 0) is 24.2 Å². The fraction of sp³-hybridized carbons (Fsp3) is 0.875. The van der Waals surface area contributed by atoms with Crippen LogP contribution in [0.5, 0.6) is 0 Å². The van der Waals surface area contributed by atoms with E-state index in [1.807, 2.05) is 20.8 Å². The normalized spacial score (nSPS) is 26.8. The molecule has 3 N–H and O–H groups in total. The lowest BCUT2D eigenvalue weighted by Gasteiger charge is -2.26. The van der Waals surface area contributed by atoms with Crippen molar-refractivity contribution in [1.82, 2.24) is 10.6 Å². The molecule has 2 rings (SSSR count). The Bertz CT molecular complexity index is 636. The summed E-state index contributed by atoms with van der Waals surface area (Å²) in [4.78, 5) is 24.5. The van der Waals surface area contributed by atoms with E-state index in [2.05, 4.69) is 10.6 Å². The highest BCUT2D eigenvalue weighted by molar-refractivity contribution is 7.93. The Labute approximate surface area is 148 Å². The maximum atomic E-state index is 12.4. The summed E-state index contributed by atoms with van der Waals surface area (Å²) in [7, 11) is -3.49. The molecule has 0 aromatic rings. The van der Waals surface area contributed by atoms with E-state index in [0.717, 1.165) is 6.26 Å². The van der Waals surface area contributed by atoms with Crippen LogP contribution in [0.4, 0.5) is 0 Å². The van der Waals surface area contributed by atoms with Crippen molar-refractivity contribution in [3.05, 3.63) is 0 Å². The Morgan fingerprint density at radius 2 is 1.72 bits per heavy atom. The first-order chi connectivity index (χ1) is 11.4. The summed E-state index contributed by atoms with van der Waals surface area (Å²) in [5.41, 5.74) is -0.204. The Hall–Kier alpha value is -1.19. The molecule has 0 aromatic heterocycles. The quantitative estimate of drug-likeness (QED) is 0.567. The molecule has 1 heterocycles. The number of carbonyl (C=O) groups excluding carboxylic acids is 2. The predicted molar refractivity (Wildman–Crippen MR) is 91.6 cm³/mol. The van der Waals surface area contributed by atoms with Gasteiger partial charge in [0.15, 0.2) is 14.6 Å². The summed E-state index contributed by atoms with van der Waals surface area (Å²) in [6, 6.07) is -1.01. The molecule has 0 radical (unpaired) electrons. The molecule has 2 fully saturated rings. The van der Waals surface area contributed by atoms with Gasteiger partial charge in [0.25, 0.3) is 0 Å². The van der Waals surface area contributed by atoms with Gasteiger partial charge in [-0.3, -0.25) is 9.59 Å². The maximum absolute atomic E-state index is 12.4. The van der Waals surface area contributed by atoms with Gasteiger partial charge in [0.2, 0.25) is 11.8 Å². The lowest BCUT2D eigenvalue weighted by Crippen LogP contribution is -2.56. The minimum absolute atomic E-state index is 0.186. The summed E-state index contributed by atoms with van der Waals surface area (Å²) in [6.07, 6.45) is 0.842. The van der Waals surface area contributed by atoms with Crippen molar-refractivity contribution >= 4 is 21.7 Å². The molecule has 0 aromatic carbocycles. The summed E-state index contributed by atoms with van der Waals surface area (Å²) in [5, 5.41) is 15.4. The zero-order valence-corrected chi connectivity index (χ0v) is 16.0. The fourth-order valence-corrected chi connectivity index (χ4v) is 4.21. The standard InChI is InChI=1S/C16H28N2O6S/c1-15(2,3)7-12(19)13(20)17-10-8-24-9-11(10)18-14(21)16(5-6-16)25(4,22)23/h10-12,19H,5-9H2,1-4H3,(H,17,20)(H,18,21)/t10-,11+,12?/m1/s1. The van der Waals surface area contributed by atoms with Crippen molar-refractivity contribution in [3.63, 3.8) is 0 Å². The van der Waals surface area contributed by atoms with Gasteiger partial charge in [0, 0.05) is 6.26 Å². The molecule has 1 aliphatic carbocycles. The van der Waals surface area contributed by atoms with Gasteiger partial charge in [-0.15, -0.1) is 0 Å². The average molecular weight is 376 g/mol. The minimum Gasteiger partial charge on any atom is -0.383 e. The second-order valence-corrected chi connectivity index (χ2v) is 10.6. The summed E-state index contributed by atoms with van der Waals surface area (Å²) < 4.78 is 27.6. The number of amides is 2. The Kier molecular flexibility index (Phi) is 5.51. The second-order valence-electron chi connectivity index (χ2n) is 8.28. The van der Waals surface area contributed by atoms with Gasteiger partial charge in [-0.25, -0.2) is 8.42 Å². The van der Waals surface area contributed by atoms with Crippen molar-refractivity contribution in [2.75, 3.05) is 19.5 Å². The van der Waals surface area contributed by atoms with Crippen LogP contribution in [0.25, 0.3) is 0 Å². The summed E-state index contributed by atoms with van der Waals surface area (Å²) in [6.45, 7) is 6.15. The molecule has 1 unspecified atom stereocenters. The van der Waals surface area contributed by atoms with Crippen LogP contribution in [0.2, 0.25) is 0 Å². The number of nitrogens with one attached hydrogen (secondary N) is 2. The topological polar surface area (TPSA) is 122 Å². The van der Waals surface area contributed by atoms with Gasteiger partial charge in [0.1, 0.15) is 6.10 Å². The highest BCUT2D eigenvalue weighted by atomic mass is 32.2. The third kappa shape index (κ3) is 4.71. The smallest absolute Gasteiger partial charge is 0.249 e. The van der Waals surface area contributed by atoms with E-state index < -0.39 is 44.6 Å². The lowest BCUT2D eigenvalue weighted by atomic mass is 9.89. The highest BCUT2D eigenvalue weighted by Gasteiger charge is 2.59. The molecule has 1 aliphatic heterocycles. The molecule has 0 spiro atoms. The monoisotopic (exact) mass is 376 g/mol. The van der Waals surface area contributed by atoms with Crippen LogP contribution in [0.1, 0.15) is 40.0 Å². The molecular weight excluding hydrogens is 348 g/mol. The van der Waals surface area contributed by atoms with E-state index in [9.17, 15) is 23.1 Å². The molecule has 8 nitrogen and oxygen atoms in total. The van der Waals surface area contributed by atoms with E-state index in [-0.39, 0.29) is 18.6 Å². The molecule has 9 heteroatoms. The Balaban J connectivity index is 1.94. The van der Waals surface area contributed by atoms with Crippen LogP contribution >= 0.6 is 0 Å². The fourth-order valence-electron chi connectivity index (χ4n) is 2.97. The van der Waals surface area contributed by atoms with Gasteiger partial charge < -0.3 is 20.5 Å². The van der Waals surface area contributed by atoms with Crippen LogP contribution in [0.15, 0.2) is 0 Å². The van der Waals surface area contributed by atoms with Crippen molar-refractivity contribution < 1.29 is 27.9 Å². The van der Waals surface area contributed by atoms with Crippen molar-refractivity contribution in [3.8, 4) is 0 Å². The van der Waals surface area contributed by atoms with Crippen LogP contribution in [0, 0.1) is 5.41 Å². The second kappa shape index (κ2) is 6.85. The van der Waals surface area contributed by atoms with E-state index >= 15 is 0 Å². The number of rotatable bonds is 6. The average Bonchev–Trinajstić information content (AvgIpc) is 3.16. The molecule has 2 amide bonds. The molecule has 0 bridgehead atoms. The molecule has 25 heavy (non-hydrogen) atoms. The number of aliphatic hydroxyl groups excluding tert-OH is 1. The zero-order valence-electron chi connectivity index (χ0n) is 15.2. The van der Waals surface area contributed by atoms with Crippen molar-refractivity contribution in [1.29, 1.82) is 0 Å². The van der Waals surface area contributed by atoms with Gasteiger partial charge in [-0.05, 0) is 24.7 Å². The lowest BCUT2D eigenvalue weighted by molar-refractivity contribution is -0.132. The number of hydrogen-bond acceptors (Lipinski definition) is 6. The van der Waals surface area contributed by atoms with Crippen molar-refractivity contribution in [2.24, 2.45) is 5.41 Å². The Morgan fingerprint density at radius 3 is 2.16 bits per heavy atom. The van der Waals surface area contributed by atoms with E-state index in [1.165, 1.54) is 0 Å². The molecule has 144 valence electrons. The Morgan fingerprint density at radius 1 is 1.20 bits per heavy atom. The van der Waals surface area contributed by atoms with Crippen molar-refractivity contribution in [2.45, 2.75) is 63.0 Å². The molecular formula is C16H28N2O6S. The van der Waals surface area contributed by atoms with Gasteiger partial charge in [0.05, 0.1) is 25.3 Å². The van der Waals surface area contributed by atoms with E-state index in [4.69, 9.17) is 4.74 Å². The number of hydrogen-bond donors (Lipinski definition) is 3. The molecule has 2 aliphatic rings. The number of carbonyl (C=O) groups is 2. The molecule has 3 atom stereocenters. The number of ether oxygens (including phenoxy) is 1. The predicted octanol–water partition coefficient (Wildman–Crippen LogP) is -0.639. The van der Waals surface area contributed by atoms with Gasteiger partial charge in [-0.1, -0.05) is 20.8 Å². The first-order valence-electron chi connectivity index (χ1n) is 8.42. The van der Waals surface area contributed by atoms with E-state index in [0.29, 0.717) is 19.3 Å². The third-order valence-corrected chi connectivity index (χ3v) is 6.67. The van der Waals surface area contributed by atoms with Crippen LogP contribution < -0.4 is 10.6 Å². The van der Waals surface area contributed by atoms with E-state index in [1.54, 1.807) is 0 Å². The molecule has 1 saturated carbocycles. The minimum atomic E-state index is -3.49. The molecule has 1 saturated heterocycles. The summed E-state index contributed by atoms with van der Waals surface area (Å²) >= 11 is 0. The third-order valence-electron chi connectivity index (χ3n) is 4.66. The first kappa shape index (κ1) is 20.1. The van der Waals surface area contributed by atoms with Crippen LogP contribution in [-0.4, -0.2) is 67.7 Å². The SMILES string of the molecule is CC(C)(C)CC(O)C(=O)N[C@@H]1COC[C@@H]1NC(=O)C1(S(C)(=O)=O)CC1.